The molecule has 0 bridgehead atoms. The fraction of sp³-hybridized carbons (Fsp3) is 0.333. The number of nitrogens with zero attached hydrogens (tertiary/aromatic N) is 1. The highest BCUT2D eigenvalue weighted by molar-refractivity contribution is 8.00. The van der Waals surface area contributed by atoms with Crippen LogP contribution in [0.4, 0.5) is 11.4 Å². The van der Waals surface area contributed by atoms with Gasteiger partial charge in [-0.05, 0) is 39.0 Å². The van der Waals surface area contributed by atoms with Gasteiger partial charge < -0.3 is 10.6 Å². The van der Waals surface area contributed by atoms with Crippen molar-refractivity contribution in [3.63, 3.8) is 0 Å². The van der Waals surface area contributed by atoms with Gasteiger partial charge in [0.05, 0.1) is 28.2 Å². The number of fused-ring (bicyclic) bond motifs is 1. The predicted molar refractivity (Wildman–Crippen MR) is 89.4 cm³/mol. The minimum Gasteiger partial charge on any atom is -0.378 e. The number of hydrogen-bond donors (Lipinski definition) is 2. The lowest BCUT2D eigenvalue weighted by Gasteiger charge is -2.19. The molecule has 21 heavy (non-hydrogen) atoms. The van der Waals surface area contributed by atoms with Gasteiger partial charge in [-0.2, -0.15) is 0 Å². The lowest BCUT2D eigenvalue weighted by Crippen LogP contribution is -2.18. The molecule has 0 spiro atoms. The van der Waals surface area contributed by atoms with E-state index in [4.69, 9.17) is 0 Å². The molecule has 1 atom stereocenters. The lowest BCUT2D eigenvalue weighted by molar-refractivity contribution is -0.113. The number of hydrogen-bond acceptors (Lipinski definition) is 5. The van der Waals surface area contributed by atoms with Crippen LogP contribution in [-0.4, -0.2) is 16.6 Å². The number of aryl methyl sites for hydroxylation is 2. The van der Waals surface area contributed by atoms with E-state index >= 15 is 0 Å². The first kappa shape index (κ1) is 14.4. The van der Waals surface area contributed by atoms with Gasteiger partial charge in [0, 0.05) is 15.5 Å². The second-order valence-corrected chi connectivity index (χ2v) is 7.35. The molecule has 2 aromatic rings. The van der Waals surface area contributed by atoms with Crippen molar-refractivity contribution in [1.82, 2.24) is 4.98 Å². The normalized spacial score (nSPS) is 15.3. The number of carbonyl (C=O) groups is 1. The highest BCUT2D eigenvalue weighted by atomic mass is 32.2. The molecule has 1 aromatic heterocycles. The fourth-order valence-corrected chi connectivity index (χ4v) is 4.16. The molecular weight excluding hydrogens is 302 g/mol. The number of rotatable bonds is 3. The van der Waals surface area contributed by atoms with Gasteiger partial charge in [0.2, 0.25) is 5.91 Å². The van der Waals surface area contributed by atoms with E-state index in [0.717, 1.165) is 27.0 Å². The van der Waals surface area contributed by atoms with Crippen LogP contribution >= 0.6 is 23.1 Å². The molecule has 3 rings (SSSR count). The van der Waals surface area contributed by atoms with Crippen LogP contribution in [0, 0.1) is 13.8 Å². The Kier molecular flexibility index (Phi) is 3.91. The molecule has 1 unspecified atom stereocenters. The molecule has 1 aliphatic rings. The molecule has 1 amide bonds. The molecule has 110 valence electrons. The average Bonchev–Trinajstić information content (AvgIpc) is 2.77. The van der Waals surface area contributed by atoms with Gasteiger partial charge in [0.25, 0.3) is 0 Å². The van der Waals surface area contributed by atoms with Gasteiger partial charge in [-0.25, -0.2) is 4.98 Å². The van der Waals surface area contributed by atoms with Crippen LogP contribution in [-0.2, 0) is 4.79 Å². The Bertz CT molecular complexity index is 696. The van der Waals surface area contributed by atoms with Crippen LogP contribution in [0.5, 0.6) is 0 Å². The van der Waals surface area contributed by atoms with E-state index < -0.39 is 0 Å². The Labute approximate surface area is 132 Å². The third-order valence-corrected chi connectivity index (χ3v) is 5.66. The second-order valence-electron chi connectivity index (χ2n) is 5.10. The van der Waals surface area contributed by atoms with Gasteiger partial charge in [-0.15, -0.1) is 23.1 Å². The zero-order valence-corrected chi connectivity index (χ0v) is 13.8. The topological polar surface area (TPSA) is 54.0 Å². The SMILES string of the molecule is Cc1nc(C)c(C(C)Nc2ccc3c(c2)NC(=O)CS3)s1. The summed E-state index contributed by atoms with van der Waals surface area (Å²) in [6.45, 7) is 6.20. The monoisotopic (exact) mass is 319 g/mol. The first-order chi connectivity index (χ1) is 10.0. The molecule has 1 aliphatic heterocycles. The van der Waals surface area contributed by atoms with Crippen molar-refractivity contribution in [2.75, 3.05) is 16.4 Å². The minimum absolute atomic E-state index is 0.0617. The van der Waals surface area contributed by atoms with Crippen molar-refractivity contribution in [2.24, 2.45) is 0 Å². The van der Waals surface area contributed by atoms with Gasteiger partial charge >= 0.3 is 0 Å². The summed E-state index contributed by atoms with van der Waals surface area (Å²) < 4.78 is 0. The standard InChI is InChI=1S/C15H17N3OS2/c1-8-15(21-10(3)16-8)9(2)17-11-4-5-13-12(6-11)18-14(19)7-20-13/h4-6,9,17H,7H2,1-3H3,(H,18,19). The highest BCUT2D eigenvalue weighted by Crippen LogP contribution is 2.35. The molecule has 0 radical (unpaired) electrons. The number of nitrogens with one attached hydrogen (secondary N) is 2. The Morgan fingerprint density at radius 2 is 2.19 bits per heavy atom. The molecule has 4 nitrogen and oxygen atoms in total. The Hall–Kier alpha value is -1.53. The molecule has 0 saturated heterocycles. The Morgan fingerprint density at radius 1 is 1.38 bits per heavy atom. The number of thioether (sulfide) groups is 1. The molecule has 0 fully saturated rings. The highest BCUT2D eigenvalue weighted by Gasteiger charge is 2.17. The van der Waals surface area contributed by atoms with E-state index in [1.165, 1.54) is 4.88 Å². The number of benzene rings is 1. The molecular formula is C15H17N3OS2. The van der Waals surface area contributed by atoms with Gasteiger partial charge in [-0.3, -0.25) is 4.79 Å². The molecule has 0 saturated carbocycles. The molecule has 2 N–H and O–H groups in total. The summed E-state index contributed by atoms with van der Waals surface area (Å²) in [5, 5.41) is 7.49. The van der Waals surface area contributed by atoms with E-state index in [9.17, 15) is 4.79 Å². The maximum atomic E-state index is 11.5. The zero-order chi connectivity index (χ0) is 15.0. The number of thiazole rings is 1. The maximum absolute atomic E-state index is 11.5. The van der Waals surface area contributed by atoms with E-state index in [1.54, 1.807) is 23.1 Å². The average molecular weight is 319 g/mol. The first-order valence-electron chi connectivity index (χ1n) is 6.80. The summed E-state index contributed by atoms with van der Waals surface area (Å²) in [5.41, 5.74) is 2.99. The van der Waals surface area contributed by atoms with Gasteiger partial charge in [0.1, 0.15) is 0 Å². The number of amides is 1. The largest absolute Gasteiger partial charge is 0.378 e. The van der Waals surface area contributed by atoms with Crippen molar-refractivity contribution in [3.8, 4) is 0 Å². The van der Waals surface area contributed by atoms with Crippen LogP contribution in [0.25, 0.3) is 0 Å². The number of carbonyl (C=O) groups excluding carboxylic acids is 1. The number of anilines is 2. The lowest BCUT2D eigenvalue weighted by atomic mass is 10.2. The first-order valence-corrected chi connectivity index (χ1v) is 8.60. The maximum Gasteiger partial charge on any atom is 0.234 e. The van der Waals surface area contributed by atoms with E-state index in [1.807, 2.05) is 19.9 Å². The summed E-state index contributed by atoms with van der Waals surface area (Å²) in [4.78, 5) is 18.3. The van der Waals surface area contributed by atoms with Crippen LogP contribution in [0.1, 0.15) is 28.5 Å². The van der Waals surface area contributed by atoms with Crippen molar-refractivity contribution >= 4 is 40.4 Å². The van der Waals surface area contributed by atoms with E-state index in [0.29, 0.717) is 5.75 Å². The second kappa shape index (κ2) is 5.69. The smallest absolute Gasteiger partial charge is 0.234 e. The fourth-order valence-electron chi connectivity index (χ4n) is 2.44. The third kappa shape index (κ3) is 3.06. The van der Waals surface area contributed by atoms with Crippen LogP contribution in [0.3, 0.4) is 0 Å². The zero-order valence-electron chi connectivity index (χ0n) is 12.2. The van der Waals surface area contributed by atoms with Crippen molar-refractivity contribution in [2.45, 2.75) is 31.7 Å². The quantitative estimate of drug-likeness (QED) is 0.898. The van der Waals surface area contributed by atoms with Crippen LogP contribution < -0.4 is 10.6 Å². The van der Waals surface area contributed by atoms with Gasteiger partial charge in [0.15, 0.2) is 0 Å². The number of aromatic nitrogens is 1. The summed E-state index contributed by atoms with van der Waals surface area (Å²) >= 11 is 3.30. The molecule has 6 heteroatoms. The summed E-state index contributed by atoms with van der Waals surface area (Å²) in [7, 11) is 0. The van der Waals surface area contributed by atoms with Crippen molar-refractivity contribution in [1.29, 1.82) is 0 Å². The minimum atomic E-state index is 0.0617. The molecule has 2 heterocycles. The van der Waals surface area contributed by atoms with Crippen molar-refractivity contribution < 1.29 is 4.79 Å². The Morgan fingerprint density at radius 3 is 2.90 bits per heavy atom. The van der Waals surface area contributed by atoms with Crippen LogP contribution in [0.15, 0.2) is 23.1 Å². The van der Waals surface area contributed by atoms with Gasteiger partial charge in [-0.1, -0.05) is 0 Å². The molecule has 1 aromatic carbocycles. The van der Waals surface area contributed by atoms with E-state index in [2.05, 4.69) is 34.7 Å². The predicted octanol–water partition coefficient (Wildman–Crippen LogP) is 3.98. The molecule has 0 aliphatic carbocycles. The summed E-state index contributed by atoms with van der Waals surface area (Å²) in [6, 6.07) is 6.31. The van der Waals surface area contributed by atoms with Crippen molar-refractivity contribution in [3.05, 3.63) is 33.8 Å². The summed E-state index contributed by atoms with van der Waals surface area (Å²) in [5.74, 6) is 0.557. The van der Waals surface area contributed by atoms with Crippen LogP contribution in [0.2, 0.25) is 0 Å². The third-order valence-electron chi connectivity index (χ3n) is 3.33. The Balaban J connectivity index is 1.80. The summed E-state index contributed by atoms with van der Waals surface area (Å²) in [6.07, 6.45) is 0. The van der Waals surface area contributed by atoms with E-state index in [-0.39, 0.29) is 11.9 Å².